The Morgan fingerprint density at radius 3 is 2.10 bits per heavy atom. The largest absolute Gasteiger partial charge is 0.416 e. The Morgan fingerprint density at radius 1 is 0.850 bits per heavy atom. The lowest BCUT2D eigenvalue weighted by Crippen LogP contribution is -2.13. The zero-order valence-corrected chi connectivity index (χ0v) is 21.4. The van der Waals surface area contributed by atoms with Gasteiger partial charge in [0, 0.05) is 22.6 Å². The van der Waals surface area contributed by atoms with E-state index in [2.05, 4.69) is 15.5 Å². The monoisotopic (exact) mass is 576 g/mol. The molecule has 0 aliphatic carbocycles. The van der Waals surface area contributed by atoms with Crippen molar-refractivity contribution in [2.45, 2.75) is 32.2 Å². The molecule has 206 valence electrons. The van der Waals surface area contributed by atoms with Gasteiger partial charge in [-0.1, -0.05) is 70.5 Å². The lowest BCUT2D eigenvalue weighted by Gasteiger charge is -2.15. The number of aryl methyl sites for hydroxylation is 1. The maximum atomic E-state index is 13.5. The van der Waals surface area contributed by atoms with Gasteiger partial charge in [-0.2, -0.15) is 26.3 Å². The van der Waals surface area contributed by atoms with Crippen molar-refractivity contribution < 1.29 is 30.9 Å². The molecule has 0 N–H and O–H groups in total. The van der Waals surface area contributed by atoms with E-state index in [0.29, 0.717) is 46.1 Å². The van der Waals surface area contributed by atoms with E-state index in [-0.39, 0.29) is 23.1 Å². The van der Waals surface area contributed by atoms with Gasteiger partial charge < -0.3 is 4.52 Å². The average molecular weight is 577 g/mol. The molecule has 0 saturated heterocycles. The van der Waals surface area contributed by atoms with Crippen molar-refractivity contribution in [2.75, 3.05) is 0 Å². The number of aromatic nitrogens is 4. The Labute approximate surface area is 229 Å². The lowest BCUT2D eigenvalue weighted by atomic mass is 10.00. The van der Waals surface area contributed by atoms with Crippen LogP contribution in [0.5, 0.6) is 0 Å². The van der Waals surface area contributed by atoms with E-state index in [4.69, 9.17) is 16.1 Å². The Balaban J connectivity index is 1.64. The summed E-state index contributed by atoms with van der Waals surface area (Å²) in [5.74, 6) is 0.266. The van der Waals surface area contributed by atoms with Gasteiger partial charge in [-0.25, -0.2) is 4.68 Å². The maximum absolute atomic E-state index is 13.5. The summed E-state index contributed by atoms with van der Waals surface area (Å²) in [6, 6.07) is 17.3. The molecule has 0 unspecified atom stereocenters. The van der Waals surface area contributed by atoms with Crippen LogP contribution in [-0.2, 0) is 25.3 Å². The summed E-state index contributed by atoms with van der Waals surface area (Å²) >= 11 is 6.36. The highest BCUT2D eigenvalue weighted by molar-refractivity contribution is 6.31. The van der Waals surface area contributed by atoms with Crippen LogP contribution in [0, 0.1) is 6.92 Å². The summed E-state index contributed by atoms with van der Waals surface area (Å²) in [7, 11) is 0. The third kappa shape index (κ3) is 5.60. The van der Waals surface area contributed by atoms with Crippen LogP contribution >= 0.6 is 11.6 Å². The number of halogens is 7. The third-order valence-corrected chi connectivity index (χ3v) is 6.66. The first-order valence-electron chi connectivity index (χ1n) is 11.9. The van der Waals surface area contributed by atoms with Gasteiger partial charge >= 0.3 is 12.4 Å². The second kappa shape index (κ2) is 10.5. The van der Waals surface area contributed by atoms with Gasteiger partial charge in [-0.15, -0.1) is 5.10 Å². The van der Waals surface area contributed by atoms with Crippen LogP contribution in [0.1, 0.15) is 33.5 Å². The molecule has 3 aromatic carbocycles. The molecule has 2 aromatic heterocycles. The van der Waals surface area contributed by atoms with E-state index in [1.807, 2.05) is 12.1 Å². The topological polar surface area (TPSA) is 56.7 Å². The Bertz CT molecular complexity index is 1630. The van der Waals surface area contributed by atoms with Crippen LogP contribution in [0.25, 0.3) is 22.7 Å². The lowest BCUT2D eigenvalue weighted by molar-refractivity contribution is -0.143. The van der Waals surface area contributed by atoms with Crippen LogP contribution in [0.2, 0.25) is 5.02 Å². The van der Waals surface area contributed by atoms with E-state index in [1.54, 1.807) is 49.4 Å². The molecule has 0 fully saturated rings. The fourth-order valence-corrected chi connectivity index (χ4v) is 4.56. The minimum absolute atomic E-state index is 0.0899. The van der Waals surface area contributed by atoms with Crippen molar-refractivity contribution in [1.29, 1.82) is 0 Å². The van der Waals surface area contributed by atoms with Gasteiger partial charge in [0.1, 0.15) is 5.69 Å². The van der Waals surface area contributed by atoms with E-state index < -0.39 is 30.0 Å². The number of benzene rings is 3. The highest BCUT2D eigenvalue weighted by Gasteiger charge is 2.37. The molecule has 40 heavy (non-hydrogen) atoms. The molecule has 5 aromatic rings. The van der Waals surface area contributed by atoms with Crippen molar-refractivity contribution in [3.8, 4) is 22.7 Å². The van der Waals surface area contributed by atoms with Crippen LogP contribution < -0.4 is 0 Å². The molecule has 2 heterocycles. The van der Waals surface area contributed by atoms with Crippen molar-refractivity contribution in [2.24, 2.45) is 0 Å². The summed E-state index contributed by atoms with van der Waals surface area (Å²) in [6.07, 6.45) is -9.61. The first-order chi connectivity index (χ1) is 18.9. The number of rotatable bonds is 6. The summed E-state index contributed by atoms with van der Waals surface area (Å²) in [6.45, 7) is 1.32. The zero-order valence-electron chi connectivity index (χ0n) is 20.7. The van der Waals surface area contributed by atoms with Crippen molar-refractivity contribution in [1.82, 2.24) is 20.2 Å². The normalized spacial score (nSPS) is 12.2. The van der Waals surface area contributed by atoms with Gasteiger partial charge in [-0.3, -0.25) is 0 Å². The maximum Gasteiger partial charge on any atom is 0.416 e. The van der Waals surface area contributed by atoms with E-state index in [1.165, 1.54) is 4.68 Å². The Morgan fingerprint density at radius 2 is 1.48 bits per heavy atom. The highest BCUT2D eigenvalue weighted by atomic mass is 35.5. The Hall–Kier alpha value is -4.12. The third-order valence-electron chi connectivity index (χ3n) is 6.29. The number of nitrogens with zero attached hydrogens (tertiary/aromatic N) is 4. The van der Waals surface area contributed by atoms with Crippen molar-refractivity contribution in [3.05, 3.63) is 111 Å². The van der Waals surface area contributed by atoms with Crippen LogP contribution in [0.15, 0.2) is 77.3 Å². The van der Waals surface area contributed by atoms with E-state index in [0.717, 1.165) is 5.56 Å². The summed E-state index contributed by atoms with van der Waals surface area (Å²) < 4.78 is 87.7. The molecule has 0 spiro atoms. The summed E-state index contributed by atoms with van der Waals surface area (Å²) in [5.41, 5.74) is 0.101. The molecule has 5 nitrogen and oxygen atoms in total. The quantitative estimate of drug-likeness (QED) is 0.191. The van der Waals surface area contributed by atoms with Crippen molar-refractivity contribution >= 4 is 11.6 Å². The molecular formula is C28H19ClF6N4O. The predicted octanol–water partition coefficient (Wildman–Crippen LogP) is 8.24. The predicted molar refractivity (Wildman–Crippen MR) is 135 cm³/mol. The molecule has 12 heteroatoms. The molecule has 5 rings (SSSR count). The molecule has 0 aliphatic heterocycles. The molecule has 0 aliphatic rings. The number of hydrogen-bond acceptors (Lipinski definition) is 4. The van der Waals surface area contributed by atoms with Gasteiger partial charge in [-0.05, 0) is 42.3 Å². The summed E-state index contributed by atoms with van der Waals surface area (Å²) in [4.78, 5) is 0. The standard InChI is InChI=1S/C28H19ClF6N4O/c1-16-22(13-19-9-5-6-10-23(19)29)26(40-37-16)24-25(18-7-3-2-4-8-18)39(38-36-24)15-17-11-20(27(30,31)32)14-21(12-17)28(33,34)35/h2-12,14H,13,15H2,1H3. The highest BCUT2D eigenvalue weighted by Crippen LogP contribution is 2.38. The SMILES string of the molecule is Cc1noc(-c2nnn(Cc3cc(C(F)(F)F)cc(C(F)(F)F)c3)c2-c2ccccc2)c1Cc1ccccc1Cl. The number of hydrogen-bond donors (Lipinski definition) is 0. The minimum atomic E-state index is -4.98. The van der Waals surface area contributed by atoms with Gasteiger partial charge in [0.25, 0.3) is 0 Å². The smallest absolute Gasteiger partial charge is 0.354 e. The second-order valence-electron chi connectivity index (χ2n) is 9.07. The minimum Gasteiger partial charge on any atom is -0.354 e. The van der Waals surface area contributed by atoms with E-state index >= 15 is 0 Å². The average Bonchev–Trinajstić information content (AvgIpc) is 3.47. The fraction of sp³-hybridized carbons (Fsp3) is 0.179. The molecule has 0 saturated carbocycles. The van der Waals surface area contributed by atoms with Crippen molar-refractivity contribution in [3.63, 3.8) is 0 Å². The first-order valence-corrected chi connectivity index (χ1v) is 12.3. The second-order valence-corrected chi connectivity index (χ2v) is 9.48. The fourth-order valence-electron chi connectivity index (χ4n) is 4.36. The van der Waals surface area contributed by atoms with Crippen LogP contribution in [0.3, 0.4) is 0 Å². The van der Waals surface area contributed by atoms with Crippen LogP contribution in [0.4, 0.5) is 26.3 Å². The molecular weight excluding hydrogens is 558 g/mol. The molecule has 0 amide bonds. The van der Waals surface area contributed by atoms with Gasteiger partial charge in [0.05, 0.1) is 23.4 Å². The zero-order chi connectivity index (χ0) is 28.7. The number of alkyl halides is 6. The van der Waals surface area contributed by atoms with E-state index in [9.17, 15) is 26.3 Å². The van der Waals surface area contributed by atoms with Gasteiger partial charge in [0.15, 0.2) is 11.5 Å². The molecule has 0 bridgehead atoms. The molecule has 0 atom stereocenters. The Kier molecular flexibility index (Phi) is 7.17. The van der Waals surface area contributed by atoms with Crippen LogP contribution in [-0.4, -0.2) is 20.2 Å². The van der Waals surface area contributed by atoms with Gasteiger partial charge in [0.2, 0.25) is 0 Å². The summed E-state index contributed by atoms with van der Waals surface area (Å²) in [5, 5.41) is 13.0. The molecule has 0 radical (unpaired) electrons. The first kappa shape index (κ1) is 27.4.